The highest BCUT2D eigenvalue weighted by Gasteiger charge is 2.16. The van der Waals surface area contributed by atoms with Crippen molar-refractivity contribution in [1.29, 1.82) is 0 Å². The normalized spacial score (nSPS) is 12.4. The summed E-state index contributed by atoms with van der Waals surface area (Å²) >= 11 is 0. The van der Waals surface area contributed by atoms with Gasteiger partial charge in [0.15, 0.2) is 0 Å². The first-order valence-electron chi connectivity index (χ1n) is 7.65. The van der Waals surface area contributed by atoms with Crippen molar-refractivity contribution in [2.24, 2.45) is 5.92 Å². The first-order valence-corrected chi connectivity index (χ1v) is 7.65. The van der Waals surface area contributed by atoms with Crippen LogP contribution in [0.1, 0.15) is 19.4 Å². The van der Waals surface area contributed by atoms with E-state index in [1.807, 2.05) is 24.4 Å². The molecule has 0 fully saturated rings. The van der Waals surface area contributed by atoms with E-state index < -0.39 is 0 Å². The minimum absolute atomic E-state index is 0.0932. The number of aromatic nitrogens is 2. The molecule has 1 aromatic carbocycles. The molecule has 0 radical (unpaired) electrons. The zero-order chi connectivity index (χ0) is 15.9. The average Bonchev–Trinajstić information content (AvgIpc) is 2.94. The molecule has 0 saturated heterocycles. The molecule has 2 rings (SSSR count). The number of aliphatic hydroxyl groups excluding tert-OH is 1. The molecule has 2 N–H and O–H groups in total. The molecule has 1 aromatic heterocycles. The van der Waals surface area contributed by atoms with Gasteiger partial charge in [-0.2, -0.15) is 5.10 Å². The molecule has 1 atom stereocenters. The van der Waals surface area contributed by atoms with Crippen molar-refractivity contribution in [3.8, 4) is 5.75 Å². The summed E-state index contributed by atoms with van der Waals surface area (Å²) in [5.41, 5.74) is 2.17. The van der Waals surface area contributed by atoms with Gasteiger partial charge < -0.3 is 15.2 Å². The predicted molar refractivity (Wildman–Crippen MR) is 88.3 cm³/mol. The fourth-order valence-electron chi connectivity index (χ4n) is 2.44. The van der Waals surface area contributed by atoms with Crippen LogP contribution in [0.4, 0.5) is 5.69 Å². The Morgan fingerprint density at radius 1 is 1.32 bits per heavy atom. The Balaban J connectivity index is 2.09. The Kier molecular flexibility index (Phi) is 5.83. The van der Waals surface area contributed by atoms with Crippen molar-refractivity contribution in [2.45, 2.75) is 32.9 Å². The van der Waals surface area contributed by atoms with Crippen molar-refractivity contribution < 1.29 is 9.84 Å². The molecular formula is C17H25N3O2. The monoisotopic (exact) mass is 303 g/mol. The summed E-state index contributed by atoms with van der Waals surface area (Å²) in [5, 5.41) is 16.7. The fourth-order valence-corrected chi connectivity index (χ4v) is 2.44. The SMILES string of the molecule is COc1ccccc1CC(Nc1cnn(CCO)c1)C(C)C. The number of nitrogens with one attached hydrogen (secondary N) is 1. The molecule has 5 nitrogen and oxygen atoms in total. The number of rotatable bonds is 8. The van der Waals surface area contributed by atoms with E-state index in [0.717, 1.165) is 17.9 Å². The molecule has 5 heteroatoms. The third kappa shape index (κ3) is 4.24. The van der Waals surface area contributed by atoms with E-state index in [0.29, 0.717) is 12.5 Å². The van der Waals surface area contributed by atoms with Crippen LogP contribution in [0.25, 0.3) is 0 Å². The van der Waals surface area contributed by atoms with Crippen LogP contribution < -0.4 is 10.1 Å². The largest absolute Gasteiger partial charge is 0.496 e. The molecule has 0 aliphatic carbocycles. The zero-order valence-electron chi connectivity index (χ0n) is 13.5. The second-order valence-corrected chi connectivity index (χ2v) is 5.73. The highest BCUT2D eigenvalue weighted by atomic mass is 16.5. The Labute approximate surface area is 131 Å². The summed E-state index contributed by atoms with van der Waals surface area (Å²) in [5.74, 6) is 1.39. The maximum atomic E-state index is 8.96. The van der Waals surface area contributed by atoms with E-state index in [9.17, 15) is 0 Å². The van der Waals surface area contributed by atoms with Gasteiger partial charge in [0.2, 0.25) is 0 Å². The van der Waals surface area contributed by atoms with Crippen LogP contribution in [-0.2, 0) is 13.0 Å². The number of anilines is 1. The number of para-hydroxylation sites is 1. The van der Waals surface area contributed by atoms with E-state index in [-0.39, 0.29) is 12.6 Å². The van der Waals surface area contributed by atoms with Gasteiger partial charge >= 0.3 is 0 Å². The Bertz CT molecular complexity index is 581. The highest BCUT2D eigenvalue weighted by Crippen LogP contribution is 2.23. The quantitative estimate of drug-likeness (QED) is 0.787. The third-order valence-electron chi connectivity index (χ3n) is 3.75. The van der Waals surface area contributed by atoms with Gasteiger partial charge in [-0.25, -0.2) is 0 Å². The molecule has 0 saturated carbocycles. The first-order chi connectivity index (χ1) is 10.6. The molecule has 120 valence electrons. The van der Waals surface area contributed by atoms with Gasteiger partial charge in [-0.3, -0.25) is 4.68 Å². The molecular weight excluding hydrogens is 278 g/mol. The average molecular weight is 303 g/mol. The second-order valence-electron chi connectivity index (χ2n) is 5.73. The summed E-state index contributed by atoms with van der Waals surface area (Å²) in [7, 11) is 1.70. The van der Waals surface area contributed by atoms with Crippen molar-refractivity contribution in [1.82, 2.24) is 9.78 Å². The molecule has 1 unspecified atom stereocenters. The zero-order valence-corrected chi connectivity index (χ0v) is 13.5. The van der Waals surface area contributed by atoms with Gasteiger partial charge in [-0.15, -0.1) is 0 Å². The molecule has 0 bridgehead atoms. The van der Waals surface area contributed by atoms with Crippen LogP contribution in [0.3, 0.4) is 0 Å². The van der Waals surface area contributed by atoms with E-state index in [4.69, 9.17) is 9.84 Å². The van der Waals surface area contributed by atoms with Gasteiger partial charge in [0.25, 0.3) is 0 Å². The van der Waals surface area contributed by atoms with Gasteiger partial charge in [0, 0.05) is 12.2 Å². The summed E-state index contributed by atoms with van der Waals surface area (Å²) in [6.45, 7) is 5.01. The fraction of sp³-hybridized carbons (Fsp3) is 0.471. The number of benzene rings is 1. The van der Waals surface area contributed by atoms with Gasteiger partial charge in [-0.1, -0.05) is 32.0 Å². The van der Waals surface area contributed by atoms with Crippen molar-refractivity contribution in [3.63, 3.8) is 0 Å². The van der Waals surface area contributed by atoms with Crippen molar-refractivity contribution in [3.05, 3.63) is 42.2 Å². The topological polar surface area (TPSA) is 59.3 Å². The second kappa shape index (κ2) is 7.84. The molecule has 0 spiro atoms. The van der Waals surface area contributed by atoms with Crippen molar-refractivity contribution >= 4 is 5.69 Å². The maximum absolute atomic E-state index is 8.96. The van der Waals surface area contributed by atoms with Gasteiger partial charge in [0.1, 0.15) is 5.75 Å². The van der Waals surface area contributed by atoms with Crippen LogP contribution in [0.2, 0.25) is 0 Å². The van der Waals surface area contributed by atoms with Crippen LogP contribution >= 0.6 is 0 Å². The van der Waals surface area contributed by atoms with E-state index in [1.165, 1.54) is 5.56 Å². The van der Waals surface area contributed by atoms with Crippen LogP contribution in [0.15, 0.2) is 36.7 Å². The van der Waals surface area contributed by atoms with Gasteiger partial charge in [-0.05, 0) is 24.0 Å². The maximum Gasteiger partial charge on any atom is 0.122 e. The lowest BCUT2D eigenvalue weighted by Gasteiger charge is -2.23. The summed E-state index contributed by atoms with van der Waals surface area (Å²) in [4.78, 5) is 0. The molecule has 0 amide bonds. The Morgan fingerprint density at radius 2 is 2.09 bits per heavy atom. The Hall–Kier alpha value is -2.01. The Morgan fingerprint density at radius 3 is 2.77 bits per heavy atom. The number of methoxy groups -OCH3 is 1. The third-order valence-corrected chi connectivity index (χ3v) is 3.75. The minimum atomic E-state index is 0.0932. The molecule has 0 aliphatic heterocycles. The number of aliphatic hydroxyl groups is 1. The number of hydrogen-bond donors (Lipinski definition) is 2. The smallest absolute Gasteiger partial charge is 0.122 e. The summed E-state index contributed by atoms with van der Waals surface area (Å²) in [6, 6.07) is 8.40. The lowest BCUT2D eigenvalue weighted by Crippen LogP contribution is -2.28. The standard InChI is InChI=1S/C17H25N3O2/c1-13(2)16(10-14-6-4-5-7-17(14)22-3)19-15-11-18-20(12-15)8-9-21/h4-7,11-13,16,19,21H,8-10H2,1-3H3. The van der Waals surface area contributed by atoms with Crippen LogP contribution in [-0.4, -0.2) is 34.6 Å². The molecule has 0 aliphatic rings. The van der Waals surface area contributed by atoms with Gasteiger partial charge in [0.05, 0.1) is 32.1 Å². The van der Waals surface area contributed by atoms with E-state index in [2.05, 4.69) is 30.3 Å². The molecule has 1 heterocycles. The number of ether oxygens (including phenoxy) is 1. The number of hydrogen-bond acceptors (Lipinski definition) is 4. The predicted octanol–water partition coefficient (Wildman–Crippen LogP) is 2.56. The lowest BCUT2D eigenvalue weighted by molar-refractivity contribution is 0.269. The number of nitrogens with zero attached hydrogens (tertiary/aromatic N) is 2. The van der Waals surface area contributed by atoms with Crippen LogP contribution in [0.5, 0.6) is 5.75 Å². The van der Waals surface area contributed by atoms with E-state index >= 15 is 0 Å². The van der Waals surface area contributed by atoms with Crippen LogP contribution in [0, 0.1) is 5.92 Å². The first kappa shape index (κ1) is 16.4. The summed E-state index contributed by atoms with van der Waals surface area (Å²) in [6.07, 6.45) is 4.61. The van der Waals surface area contributed by atoms with E-state index in [1.54, 1.807) is 18.0 Å². The minimum Gasteiger partial charge on any atom is -0.496 e. The lowest BCUT2D eigenvalue weighted by atomic mass is 9.95. The molecule has 22 heavy (non-hydrogen) atoms. The summed E-state index contributed by atoms with van der Waals surface area (Å²) < 4.78 is 7.18. The van der Waals surface area contributed by atoms with Crippen molar-refractivity contribution in [2.75, 3.05) is 19.0 Å². The highest BCUT2D eigenvalue weighted by molar-refractivity contribution is 5.41. The molecule has 2 aromatic rings.